The van der Waals surface area contributed by atoms with Crippen LogP contribution < -0.4 is 0 Å². The lowest BCUT2D eigenvalue weighted by atomic mass is 9.93. The molecule has 3 aromatic rings. The first-order valence-corrected chi connectivity index (χ1v) is 7.43. The molecular weight excluding hydrogens is 288 g/mol. The number of nitrogens with zero attached hydrogens (tertiary/aromatic N) is 4. The zero-order valence-electron chi connectivity index (χ0n) is 12.4. The van der Waals surface area contributed by atoms with Crippen LogP contribution in [0.4, 0.5) is 0 Å². The number of aromatic nitrogens is 4. The van der Waals surface area contributed by atoms with E-state index in [1.165, 1.54) is 6.39 Å². The van der Waals surface area contributed by atoms with Crippen LogP contribution in [-0.4, -0.2) is 20.1 Å². The van der Waals surface area contributed by atoms with E-state index in [4.69, 9.17) is 8.94 Å². The number of hydrogen-bond donors (Lipinski definition) is 0. The monoisotopic (exact) mass is 304 g/mol. The van der Waals surface area contributed by atoms with Crippen molar-refractivity contribution in [3.05, 3.63) is 23.3 Å². The van der Waals surface area contributed by atoms with Crippen LogP contribution in [0.2, 0.25) is 0 Å². The molecule has 0 radical (unpaired) electrons. The molecule has 0 aromatic carbocycles. The first-order chi connectivity index (χ1) is 9.92. The van der Waals surface area contributed by atoms with Crippen LogP contribution in [0.15, 0.2) is 21.5 Å². The largest absolute Gasteiger partial charge is 0.440 e. The van der Waals surface area contributed by atoms with Crippen LogP contribution in [0, 0.1) is 12.3 Å². The lowest BCUT2D eigenvalue weighted by Gasteiger charge is -2.15. The molecule has 0 atom stereocenters. The second kappa shape index (κ2) is 5.07. The zero-order chi connectivity index (χ0) is 15.0. The molecule has 6 nitrogen and oxygen atoms in total. The molecule has 0 aliphatic rings. The number of hydrogen-bond acceptors (Lipinski definition) is 7. The molecule has 0 unspecified atom stereocenters. The standard InChI is InChI=1S/C14H16N4O2S/c1-8-11(19-7-16-8)12-17-13(20-18-12)9-6-15-10(21-9)5-14(2,3)4/h6-7H,5H2,1-4H3. The minimum atomic E-state index is 0.200. The Kier molecular flexibility index (Phi) is 3.36. The number of aryl methyl sites for hydroxylation is 1. The van der Waals surface area contributed by atoms with E-state index in [0.29, 0.717) is 17.5 Å². The van der Waals surface area contributed by atoms with Crippen molar-refractivity contribution in [2.75, 3.05) is 0 Å². The third kappa shape index (κ3) is 3.02. The van der Waals surface area contributed by atoms with E-state index in [2.05, 4.69) is 40.9 Å². The second-order valence-electron chi connectivity index (χ2n) is 6.05. The van der Waals surface area contributed by atoms with Gasteiger partial charge in [0, 0.05) is 6.42 Å². The second-order valence-corrected chi connectivity index (χ2v) is 7.16. The molecule has 0 fully saturated rings. The number of thiazole rings is 1. The van der Waals surface area contributed by atoms with Crippen LogP contribution >= 0.6 is 11.3 Å². The summed E-state index contributed by atoms with van der Waals surface area (Å²) >= 11 is 1.57. The van der Waals surface area contributed by atoms with E-state index in [0.717, 1.165) is 22.0 Å². The zero-order valence-corrected chi connectivity index (χ0v) is 13.2. The van der Waals surface area contributed by atoms with Crippen molar-refractivity contribution in [3.63, 3.8) is 0 Å². The molecular formula is C14H16N4O2S. The minimum absolute atomic E-state index is 0.200. The molecule has 0 N–H and O–H groups in total. The molecule has 3 aromatic heterocycles. The van der Waals surface area contributed by atoms with Gasteiger partial charge in [-0.2, -0.15) is 4.98 Å². The topological polar surface area (TPSA) is 77.8 Å². The fourth-order valence-corrected chi connectivity index (χ4v) is 3.02. The van der Waals surface area contributed by atoms with Crippen LogP contribution in [0.5, 0.6) is 0 Å². The Morgan fingerprint density at radius 3 is 2.71 bits per heavy atom. The van der Waals surface area contributed by atoms with Gasteiger partial charge in [0.05, 0.1) is 16.9 Å². The molecule has 3 rings (SSSR count). The van der Waals surface area contributed by atoms with Gasteiger partial charge >= 0.3 is 0 Å². The molecule has 0 spiro atoms. The summed E-state index contributed by atoms with van der Waals surface area (Å²) in [4.78, 5) is 13.7. The first-order valence-electron chi connectivity index (χ1n) is 6.61. The Labute approximate surface area is 126 Å². The van der Waals surface area contributed by atoms with Gasteiger partial charge in [-0.25, -0.2) is 9.97 Å². The lowest BCUT2D eigenvalue weighted by Crippen LogP contribution is -2.08. The third-order valence-electron chi connectivity index (χ3n) is 2.82. The van der Waals surface area contributed by atoms with E-state index in [9.17, 15) is 0 Å². The molecule has 0 saturated heterocycles. The van der Waals surface area contributed by atoms with E-state index in [1.54, 1.807) is 17.5 Å². The third-order valence-corrected chi connectivity index (χ3v) is 3.81. The van der Waals surface area contributed by atoms with Crippen molar-refractivity contribution in [2.24, 2.45) is 5.41 Å². The summed E-state index contributed by atoms with van der Waals surface area (Å²) < 4.78 is 10.6. The lowest BCUT2D eigenvalue weighted by molar-refractivity contribution is 0.410. The van der Waals surface area contributed by atoms with E-state index in [-0.39, 0.29) is 5.41 Å². The Hall–Kier alpha value is -2.02. The normalized spacial score (nSPS) is 12.0. The Bertz CT molecular complexity index is 751. The van der Waals surface area contributed by atoms with E-state index < -0.39 is 0 Å². The summed E-state index contributed by atoms with van der Waals surface area (Å²) in [6, 6.07) is 0. The molecule has 21 heavy (non-hydrogen) atoms. The summed E-state index contributed by atoms with van der Waals surface area (Å²) in [5, 5.41) is 5.00. The van der Waals surface area contributed by atoms with Gasteiger partial charge in [-0.3, -0.25) is 0 Å². The quantitative estimate of drug-likeness (QED) is 0.733. The van der Waals surface area contributed by atoms with Gasteiger partial charge in [0.1, 0.15) is 4.88 Å². The highest BCUT2D eigenvalue weighted by Crippen LogP contribution is 2.30. The average molecular weight is 304 g/mol. The Balaban J connectivity index is 1.85. The van der Waals surface area contributed by atoms with Crippen molar-refractivity contribution in [1.29, 1.82) is 0 Å². The molecule has 0 aliphatic carbocycles. The molecule has 3 heterocycles. The minimum Gasteiger partial charge on any atom is -0.440 e. The van der Waals surface area contributed by atoms with E-state index in [1.807, 2.05) is 6.92 Å². The summed E-state index contributed by atoms with van der Waals surface area (Å²) in [5.41, 5.74) is 0.937. The van der Waals surface area contributed by atoms with Crippen molar-refractivity contribution in [2.45, 2.75) is 34.1 Å². The fourth-order valence-electron chi connectivity index (χ4n) is 1.88. The molecule has 7 heteroatoms. The van der Waals surface area contributed by atoms with Gasteiger partial charge in [-0.1, -0.05) is 25.9 Å². The van der Waals surface area contributed by atoms with Crippen LogP contribution in [0.25, 0.3) is 22.4 Å². The maximum atomic E-state index is 5.29. The van der Waals surface area contributed by atoms with Gasteiger partial charge in [0.2, 0.25) is 5.82 Å². The predicted octanol–water partition coefficient (Wildman–Crippen LogP) is 3.75. The van der Waals surface area contributed by atoms with Gasteiger partial charge in [0.15, 0.2) is 12.2 Å². The fraction of sp³-hybridized carbons (Fsp3) is 0.429. The maximum absolute atomic E-state index is 5.29. The number of rotatable bonds is 3. The number of oxazole rings is 1. The van der Waals surface area contributed by atoms with Crippen LogP contribution in [0.3, 0.4) is 0 Å². The van der Waals surface area contributed by atoms with Crippen molar-refractivity contribution in [1.82, 2.24) is 20.1 Å². The Morgan fingerprint density at radius 1 is 1.24 bits per heavy atom. The molecule has 0 bridgehead atoms. The maximum Gasteiger partial charge on any atom is 0.270 e. The molecule has 0 saturated carbocycles. The van der Waals surface area contributed by atoms with E-state index >= 15 is 0 Å². The van der Waals surface area contributed by atoms with Crippen LogP contribution in [0.1, 0.15) is 31.5 Å². The highest BCUT2D eigenvalue weighted by molar-refractivity contribution is 7.15. The smallest absolute Gasteiger partial charge is 0.270 e. The molecule has 110 valence electrons. The van der Waals surface area contributed by atoms with Crippen molar-refractivity contribution >= 4 is 11.3 Å². The summed E-state index contributed by atoms with van der Waals surface area (Å²) in [7, 11) is 0. The average Bonchev–Trinajstić information content (AvgIpc) is 3.05. The Morgan fingerprint density at radius 2 is 2.05 bits per heavy atom. The van der Waals surface area contributed by atoms with Gasteiger partial charge in [-0.15, -0.1) is 11.3 Å². The van der Waals surface area contributed by atoms with Gasteiger partial charge < -0.3 is 8.94 Å². The van der Waals surface area contributed by atoms with Gasteiger partial charge in [0.25, 0.3) is 5.89 Å². The predicted molar refractivity (Wildman–Crippen MR) is 78.8 cm³/mol. The SMILES string of the molecule is Cc1ncoc1-c1noc(-c2cnc(CC(C)(C)C)s2)n1. The summed E-state index contributed by atoms with van der Waals surface area (Å²) in [5.74, 6) is 1.40. The highest BCUT2D eigenvalue weighted by atomic mass is 32.1. The summed E-state index contributed by atoms with van der Waals surface area (Å²) in [6.45, 7) is 8.39. The van der Waals surface area contributed by atoms with Crippen molar-refractivity contribution in [3.8, 4) is 22.4 Å². The van der Waals surface area contributed by atoms with Crippen LogP contribution in [-0.2, 0) is 6.42 Å². The van der Waals surface area contributed by atoms with Gasteiger partial charge in [-0.05, 0) is 12.3 Å². The molecule has 0 amide bonds. The molecule has 0 aliphatic heterocycles. The summed E-state index contributed by atoms with van der Waals surface area (Å²) in [6.07, 6.45) is 4.06. The highest BCUT2D eigenvalue weighted by Gasteiger charge is 2.19. The van der Waals surface area contributed by atoms with Crippen molar-refractivity contribution < 1.29 is 8.94 Å². The first kappa shape index (κ1) is 13.9.